The summed E-state index contributed by atoms with van der Waals surface area (Å²) in [5.74, 6) is 0.376. The number of carbonyl (C=O) groups excluding carboxylic acids is 1. The van der Waals surface area contributed by atoms with E-state index in [1.807, 2.05) is 23.6 Å². The molecular weight excluding hydrogens is 454 g/mol. The Hall–Kier alpha value is -3.13. The van der Waals surface area contributed by atoms with Gasteiger partial charge in [-0.05, 0) is 66.1 Å². The quantitative estimate of drug-likeness (QED) is 0.287. The first-order valence-electron chi connectivity index (χ1n) is 10.0. The van der Waals surface area contributed by atoms with Crippen molar-refractivity contribution in [3.63, 3.8) is 0 Å². The fraction of sp³-hybridized carbons (Fsp3) is 0.0800. The van der Waals surface area contributed by atoms with Crippen molar-refractivity contribution in [3.8, 4) is 31.6 Å². The summed E-state index contributed by atoms with van der Waals surface area (Å²) >= 11 is 4.78. The van der Waals surface area contributed by atoms with E-state index in [-0.39, 0.29) is 5.91 Å². The Morgan fingerprint density at radius 3 is 2.59 bits per heavy atom. The van der Waals surface area contributed by atoms with Gasteiger partial charge in [0.25, 0.3) is 5.91 Å². The van der Waals surface area contributed by atoms with Crippen LogP contribution in [0.25, 0.3) is 31.6 Å². The van der Waals surface area contributed by atoms with E-state index < -0.39 is 0 Å². The van der Waals surface area contributed by atoms with Gasteiger partial charge in [0.05, 0.1) is 20.3 Å². The summed E-state index contributed by atoms with van der Waals surface area (Å²) < 4.78 is 0. The molecule has 4 heterocycles. The molecule has 0 spiro atoms. The predicted molar refractivity (Wildman–Crippen MR) is 136 cm³/mol. The molecule has 4 aromatic heterocycles. The third-order valence-electron chi connectivity index (χ3n) is 4.87. The van der Waals surface area contributed by atoms with Crippen LogP contribution in [-0.2, 0) is 0 Å². The Kier molecular flexibility index (Phi) is 5.70. The Morgan fingerprint density at radius 2 is 1.84 bits per heavy atom. The molecular formula is C25H19N3OS3. The molecule has 0 aliphatic heterocycles. The lowest BCUT2D eigenvalue weighted by molar-refractivity contribution is 0.103. The second-order valence-electron chi connectivity index (χ2n) is 7.42. The molecule has 32 heavy (non-hydrogen) atoms. The molecule has 1 aromatic carbocycles. The topological polar surface area (TPSA) is 54.9 Å². The highest BCUT2D eigenvalue weighted by molar-refractivity contribution is 7.23. The lowest BCUT2D eigenvalue weighted by Gasteiger charge is -2.07. The fourth-order valence-corrected chi connectivity index (χ4v) is 6.04. The zero-order valence-electron chi connectivity index (χ0n) is 17.5. The number of pyridine rings is 1. The smallest absolute Gasteiger partial charge is 0.266 e. The highest BCUT2D eigenvalue weighted by Crippen LogP contribution is 2.42. The average molecular weight is 474 g/mol. The van der Waals surface area contributed by atoms with Gasteiger partial charge in [-0.3, -0.25) is 4.79 Å². The first-order valence-corrected chi connectivity index (χ1v) is 12.6. The van der Waals surface area contributed by atoms with Crippen LogP contribution in [0, 0.1) is 13.8 Å². The zero-order valence-corrected chi connectivity index (χ0v) is 19.9. The fourth-order valence-electron chi connectivity index (χ4n) is 3.38. The van der Waals surface area contributed by atoms with Crippen molar-refractivity contribution in [2.75, 3.05) is 5.32 Å². The van der Waals surface area contributed by atoms with Gasteiger partial charge in [-0.25, -0.2) is 9.97 Å². The number of aromatic nitrogens is 2. The highest BCUT2D eigenvalue weighted by Gasteiger charge is 2.18. The maximum Gasteiger partial charge on any atom is 0.266 e. The van der Waals surface area contributed by atoms with Crippen molar-refractivity contribution >= 4 is 45.7 Å². The lowest BCUT2D eigenvalue weighted by Crippen LogP contribution is -2.11. The second kappa shape index (κ2) is 8.78. The van der Waals surface area contributed by atoms with Crippen molar-refractivity contribution in [2.45, 2.75) is 13.8 Å². The molecule has 0 radical (unpaired) electrons. The molecule has 158 valence electrons. The van der Waals surface area contributed by atoms with Crippen LogP contribution >= 0.6 is 34.0 Å². The maximum absolute atomic E-state index is 12.5. The Labute approximate surface area is 198 Å². The minimum absolute atomic E-state index is 0.150. The Morgan fingerprint density at radius 1 is 0.938 bits per heavy atom. The third-order valence-corrected chi connectivity index (χ3v) is 8.06. The summed E-state index contributed by atoms with van der Waals surface area (Å²) in [5, 5.41) is 7.94. The van der Waals surface area contributed by atoms with Crippen LogP contribution in [0.3, 0.4) is 0 Å². The zero-order chi connectivity index (χ0) is 22.1. The number of thiophene rings is 2. The van der Waals surface area contributed by atoms with Crippen molar-refractivity contribution < 1.29 is 4.79 Å². The molecule has 5 aromatic rings. The van der Waals surface area contributed by atoms with Crippen LogP contribution in [0.4, 0.5) is 5.82 Å². The molecule has 0 fully saturated rings. The number of aryl methyl sites for hydroxylation is 2. The normalized spacial score (nSPS) is 10.9. The first kappa shape index (κ1) is 20.8. The predicted octanol–water partition coefficient (Wildman–Crippen LogP) is 7.53. The summed E-state index contributed by atoms with van der Waals surface area (Å²) in [5.41, 5.74) is 5.43. The van der Waals surface area contributed by atoms with Gasteiger partial charge in [0.2, 0.25) is 0 Å². The van der Waals surface area contributed by atoms with Gasteiger partial charge < -0.3 is 5.32 Å². The Balaban J connectivity index is 1.57. The van der Waals surface area contributed by atoms with Gasteiger partial charge in [-0.2, -0.15) is 0 Å². The second-order valence-corrected chi connectivity index (χ2v) is 10.3. The minimum atomic E-state index is -0.150. The van der Waals surface area contributed by atoms with E-state index in [9.17, 15) is 4.79 Å². The van der Waals surface area contributed by atoms with E-state index in [1.165, 1.54) is 22.5 Å². The number of hydrogen-bond donors (Lipinski definition) is 1. The number of amides is 1. The van der Waals surface area contributed by atoms with Crippen LogP contribution < -0.4 is 5.32 Å². The molecule has 0 aliphatic rings. The minimum Gasteiger partial charge on any atom is -0.306 e. The summed E-state index contributed by atoms with van der Waals surface area (Å²) in [6, 6.07) is 18.1. The summed E-state index contributed by atoms with van der Waals surface area (Å²) in [4.78, 5) is 24.8. The van der Waals surface area contributed by atoms with Crippen molar-refractivity contribution in [3.05, 3.63) is 87.6 Å². The van der Waals surface area contributed by atoms with E-state index in [4.69, 9.17) is 4.98 Å². The van der Waals surface area contributed by atoms with Crippen molar-refractivity contribution in [1.82, 2.24) is 9.97 Å². The van der Waals surface area contributed by atoms with Crippen molar-refractivity contribution in [1.29, 1.82) is 0 Å². The average Bonchev–Trinajstić information content (AvgIpc) is 3.54. The largest absolute Gasteiger partial charge is 0.306 e. The lowest BCUT2D eigenvalue weighted by atomic mass is 10.1. The molecule has 4 nitrogen and oxygen atoms in total. The number of carbonyl (C=O) groups is 1. The van der Waals surface area contributed by atoms with Gasteiger partial charge >= 0.3 is 0 Å². The number of anilines is 1. The summed E-state index contributed by atoms with van der Waals surface area (Å²) in [7, 11) is 0. The molecule has 1 N–H and O–H groups in total. The number of hydrogen-bond acceptors (Lipinski definition) is 6. The highest BCUT2D eigenvalue weighted by atomic mass is 32.1. The third kappa shape index (κ3) is 4.27. The number of nitrogens with zero attached hydrogens (tertiary/aromatic N) is 2. The molecule has 0 saturated carbocycles. The molecule has 0 saturated heterocycles. The van der Waals surface area contributed by atoms with Crippen molar-refractivity contribution in [2.24, 2.45) is 0 Å². The number of thiazole rings is 1. The van der Waals surface area contributed by atoms with Crippen LogP contribution in [-0.4, -0.2) is 15.9 Å². The molecule has 5 rings (SSSR count). The standard InChI is InChI=1S/C25H19N3OS3/c1-15-5-3-6-17(11-15)22-23(32-25(28-22)20-12-16(2)14-31-20)18-8-9-26-21(13-18)27-24(29)19-7-4-10-30-19/h3-14H,1-2H3,(H,26,27,29). The molecule has 0 bridgehead atoms. The van der Waals surface area contributed by atoms with E-state index in [1.54, 1.807) is 34.9 Å². The molecule has 0 atom stereocenters. The van der Waals surface area contributed by atoms with Gasteiger partial charge in [0, 0.05) is 11.8 Å². The molecule has 1 amide bonds. The SMILES string of the molecule is Cc1cccc(-c2nc(-c3cc(C)cs3)sc2-c2ccnc(NC(=O)c3cccs3)c2)c1. The van der Waals surface area contributed by atoms with E-state index in [2.05, 4.69) is 59.9 Å². The number of nitrogens with one attached hydrogen (secondary N) is 1. The van der Waals surface area contributed by atoms with Gasteiger partial charge in [-0.1, -0.05) is 29.8 Å². The van der Waals surface area contributed by atoms with Gasteiger partial charge in [-0.15, -0.1) is 34.0 Å². The van der Waals surface area contributed by atoms with E-state index in [0.29, 0.717) is 10.7 Å². The maximum atomic E-state index is 12.5. The molecule has 0 aliphatic carbocycles. The number of benzene rings is 1. The van der Waals surface area contributed by atoms with Crippen LogP contribution in [0.2, 0.25) is 0 Å². The van der Waals surface area contributed by atoms with E-state index in [0.717, 1.165) is 31.6 Å². The van der Waals surface area contributed by atoms with Crippen LogP contribution in [0.5, 0.6) is 0 Å². The molecule has 0 unspecified atom stereocenters. The first-order chi connectivity index (χ1) is 15.6. The van der Waals surface area contributed by atoms with Crippen LogP contribution in [0.15, 0.2) is 71.6 Å². The monoisotopic (exact) mass is 473 g/mol. The van der Waals surface area contributed by atoms with Crippen LogP contribution in [0.1, 0.15) is 20.8 Å². The number of rotatable bonds is 5. The summed E-state index contributed by atoms with van der Waals surface area (Å²) in [6.07, 6.45) is 1.73. The van der Waals surface area contributed by atoms with Gasteiger partial charge in [0.1, 0.15) is 10.8 Å². The summed E-state index contributed by atoms with van der Waals surface area (Å²) in [6.45, 7) is 4.19. The van der Waals surface area contributed by atoms with E-state index >= 15 is 0 Å². The Bertz CT molecular complexity index is 1400. The van der Waals surface area contributed by atoms with Gasteiger partial charge in [0.15, 0.2) is 0 Å². The molecule has 7 heteroatoms.